The Kier molecular flexibility index (Phi) is 4.54. The second-order valence-electron chi connectivity index (χ2n) is 5.98. The molecule has 1 rings (SSSR count). The maximum atomic E-state index is 12.1. The zero-order chi connectivity index (χ0) is 13.1. The predicted molar refractivity (Wildman–Crippen MR) is 67.5 cm³/mol. The van der Waals surface area contributed by atoms with Crippen molar-refractivity contribution in [3.8, 4) is 0 Å². The Morgan fingerprint density at radius 3 is 2.06 bits per heavy atom. The summed E-state index contributed by atoms with van der Waals surface area (Å²) in [6, 6.07) is 0. The van der Waals surface area contributed by atoms with Crippen LogP contribution in [0.5, 0.6) is 0 Å². The third-order valence-corrected chi connectivity index (χ3v) is 2.98. The molecule has 0 aromatic rings. The Labute approximate surface area is 104 Å². The van der Waals surface area contributed by atoms with E-state index in [2.05, 4.69) is 20.8 Å². The van der Waals surface area contributed by atoms with E-state index in [1.54, 1.807) is 6.92 Å². The van der Waals surface area contributed by atoms with Crippen molar-refractivity contribution in [1.82, 2.24) is 9.80 Å². The van der Waals surface area contributed by atoms with Crippen LogP contribution in [0.3, 0.4) is 0 Å². The molecular formula is C13H24N2O2. The summed E-state index contributed by atoms with van der Waals surface area (Å²) in [6.45, 7) is 10.7. The van der Waals surface area contributed by atoms with Gasteiger partial charge in [0.05, 0.1) is 0 Å². The maximum Gasteiger partial charge on any atom is 0.223 e. The second-order valence-corrected chi connectivity index (χ2v) is 5.98. The Morgan fingerprint density at radius 1 is 1.00 bits per heavy atom. The monoisotopic (exact) mass is 240 g/mol. The standard InChI is InChI=1S/C13H24N2O2/c1-11(16)14-6-5-7-15(9-8-14)12(17)10-13(2,3)4/h5-10H2,1-4H3. The largest absolute Gasteiger partial charge is 0.341 e. The van der Waals surface area contributed by atoms with E-state index in [9.17, 15) is 9.59 Å². The number of carbonyl (C=O) groups excluding carboxylic acids is 2. The lowest BCUT2D eigenvalue weighted by atomic mass is 9.91. The highest BCUT2D eigenvalue weighted by Crippen LogP contribution is 2.20. The third kappa shape index (κ3) is 4.75. The van der Waals surface area contributed by atoms with E-state index in [0.29, 0.717) is 19.5 Å². The summed E-state index contributed by atoms with van der Waals surface area (Å²) in [7, 11) is 0. The summed E-state index contributed by atoms with van der Waals surface area (Å²) >= 11 is 0. The number of rotatable bonds is 1. The van der Waals surface area contributed by atoms with Crippen LogP contribution in [0, 0.1) is 5.41 Å². The van der Waals surface area contributed by atoms with Gasteiger partial charge in [0, 0.05) is 39.5 Å². The maximum absolute atomic E-state index is 12.1. The van der Waals surface area contributed by atoms with Crippen LogP contribution in [0.1, 0.15) is 40.5 Å². The molecule has 1 heterocycles. The van der Waals surface area contributed by atoms with E-state index in [-0.39, 0.29) is 17.2 Å². The summed E-state index contributed by atoms with van der Waals surface area (Å²) in [5, 5.41) is 0. The van der Waals surface area contributed by atoms with Gasteiger partial charge in [-0.05, 0) is 11.8 Å². The number of hydrogen-bond donors (Lipinski definition) is 0. The molecular weight excluding hydrogens is 216 g/mol. The molecule has 0 radical (unpaired) electrons. The Morgan fingerprint density at radius 2 is 1.53 bits per heavy atom. The minimum Gasteiger partial charge on any atom is -0.341 e. The number of amides is 2. The van der Waals surface area contributed by atoms with E-state index in [1.165, 1.54) is 0 Å². The van der Waals surface area contributed by atoms with Crippen LogP contribution < -0.4 is 0 Å². The molecule has 98 valence electrons. The van der Waals surface area contributed by atoms with Gasteiger partial charge in [-0.3, -0.25) is 9.59 Å². The highest BCUT2D eigenvalue weighted by atomic mass is 16.2. The summed E-state index contributed by atoms with van der Waals surface area (Å²) in [5.41, 5.74) is 0.0314. The molecule has 1 aliphatic rings. The predicted octanol–water partition coefficient (Wildman–Crippen LogP) is 1.50. The van der Waals surface area contributed by atoms with Gasteiger partial charge in [0.2, 0.25) is 11.8 Å². The first-order chi connectivity index (χ1) is 7.79. The van der Waals surface area contributed by atoms with Crippen molar-refractivity contribution in [3.63, 3.8) is 0 Å². The van der Waals surface area contributed by atoms with Crippen LogP contribution in [0.25, 0.3) is 0 Å². The molecule has 0 atom stereocenters. The second kappa shape index (κ2) is 5.52. The quantitative estimate of drug-likeness (QED) is 0.697. The van der Waals surface area contributed by atoms with Gasteiger partial charge in [0.1, 0.15) is 0 Å². The van der Waals surface area contributed by atoms with Gasteiger partial charge < -0.3 is 9.80 Å². The van der Waals surface area contributed by atoms with Crippen molar-refractivity contribution < 1.29 is 9.59 Å². The number of nitrogens with zero attached hydrogens (tertiary/aromatic N) is 2. The Hall–Kier alpha value is -1.06. The average molecular weight is 240 g/mol. The van der Waals surface area contributed by atoms with Crippen LogP contribution in [-0.2, 0) is 9.59 Å². The molecule has 0 aromatic heterocycles. The van der Waals surface area contributed by atoms with Crippen molar-refractivity contribution in [1.29, 1.82) is 0 Å². The van der Waals surface area contributed by atoms with Gasteiger partial charge in [-0.15, -0.1) is 0 Å². The van der Waals surface area contributed by atoms with E-state index in [1.807, 2.05) is 9.80 Å². The highest BCUT2D eigenvalue weighted by Gasteiger charge is 2.23. The van der Waals surface area contributed by atoms with E-state index >= 15 is 0 Å². The molecule has 4 heteroatoms. The Bertz CT molecular complexity index is 294. The molecule has 4 nitrogen and oxygen atoms in total. The van der Waals surface area contributed by atoms with Crippen LogP contribution in [0.15, 0.2) is 0 Å². The summed E-state index contributed by atoms with van der Waals surface area (Å²) in [6.07, 6.45) is 1.46. The fourth-order valence-electron chi connectivity index (χ4n) is 2.05. The normalized spacial score (nSPS) is 17.9. The minimum absolute atomic E-state index is 0.0314. The lowest BCUT2D eigenvalue weighted by molar-refractivity contribution is -0.134. The van der Waals surface area contributed by atoms with Gasteiger partial charge in [0.15, 0.2) is 0 Å². The average Bonchev–Trinajstić information content (AvgIpc) is 2.39. The van der Waals surface area contributed by atoms with Crippen LogP contribution in [0.2, 0.25) is 0 Å². The van der Waals surface area contributed by atoms with Crippen molar-refractivity contribution in [2.45, 2.75) is 40.5 Å². The molecule has 2 amide bonds. The first kappa shape index (κ1) is 14.0. The molecule has 0 unspecified atom stereocenters. The number of carbonyl (C=O) groups is 2. The molecule has 0 bridgehead atoms. The van der Waals surface area contributed by atoms with Crippen LogP contribution in [0.4, 0.5) is 0 Å². The SMILES string of the molecule is CC(=O)N1CCCN(C(=O)CC(C)(C)C)CC1. The topological polar surface area (TPSA) is 40.6 Å². The molecule has 0 aliphatic carbocycles. The highest BCUT2D eigenvalue weighted by molar-refractivity contribution is 5.77. The first-order valence-corrected chi connectivity index (χ1v) is 6.33. The minimum atomic E-state index is 0.0314. The van der Waals surface area contributed by atoms with Gasteiger partial charge in [-0.1, -0.05) is 20.8 Å². The van der Waals surface area contributed by atoms with Crippen molar-refractivity contribution in [2.24, 2.45) is 5.41 Å². The molecule has 0 spiro atoms. The fourth-order valence-corrected chi connectivity index (χ4v) is 2.05. The van der Waals surface area contributed by atoms with E-state index in [4.69, 9.17) is 0 Å². The molecule has 1 aliphatic heterocycles. The lowest BCUT2D eigenvalue weighted by Gasteiger charge is -2.25. The summed E-state index contributed by atoms with van der Waals surface area (Å²) in [4.78, 5) is 27.1. The van der Waals surface area contributed by atoms with E-state index < -0.39 is 0 Å². The molecule has 0 saturated carbocycles. The van der Waals surface area contributed by atoms with Gasteiger partial charge in [-0.25, -0.2) is 0 Å². The van der Waals surface area contributed by atoms with Gasteiger partial charge >= 0.3 is 0 Å². The van der Waals surface area contributed by atoms with E-state index in [0.717, 1.165) is 19.5 Å². The van der Waals surface area contributed by atoms with Crippen LogP contribution >= 0.6 is 0 Å². The van der Waals surface area contributed by atoms with Gasteiger partial charge in [0.25, 0.3) is 0 Å². The number of hydrogen-bond acceptors (Lipinski definition) is 2. The molecule has 17 heavy (non-hydrogen) atoms. The van der Waals surface area contributed by atoms with Gasteiger partial charge in [-0.2, -0.15) is 0 Å². The smallest absolute Gasteiger partial charge is 0.223 e. The fraction of sp³-hybridized carbons (Fsp3) is 0.846. The zero-order valence-electron chi connectivity index (χ0n) is 11.5. The molecule has 0 aromatic carbocycles. The third-order valence-electron chi connectivity index (χ3n) is 2.98. The summed E-state index contributed by atoms with van der Waals surface area (Å²) in [5.74, 6) is 0.318. The summed E-state index contributed by atoms with van der Waals surface area (Å²) < 4.78 is 0. The van der Waals surface area contributed by atoms with Crippen molar-refractivity contribution >= 4 is 11.8 Å². The Balaban J connectivity index is 2.51. The molecule has 1 fully saturated rings. The lowest BCUT2D eigenvalue weighted by Crippen LogP contribution is -2.37. The molecule has 0 N–H and O–H groups in total. The van der Waals surface area contributed by atoms with Crippen molar-refractivity contribution in [3.05, 3.63) is 0 Å². The molecule has 1 saturated heterocycles. The first-order valence-electron chi connectivity index (χ1n) is 6.33. The van der Waals surface area contributed by atoms with Crippen molar-refractivity contribution in [2.75, 3.05) is 26.2 Å². The van der Waals surface area contributed by atoms with Crippen LogP contribution in [-0.4, -0.2) is 47.8 Å². The zero-order valence-corrected chi connectivity index (χ0v) is 11.5.